The number of benzene rings is 2. The molecular weight excluding hydrogens is 596 g/mol. The molecule has 45 heavy (non-hydrogen) atoms. The van der Waals surface area contributed by atoms with Crippen molar-refractivity contribution in [1.82, 2.24) is 5.32 Å². The minimum absolute atomic E-state index is 0.0962. The SMILES string of the molecule is C/C(=C\c1ccc(O[C@H]2C[C@H](O)[C@@H](/C=N/OCc3ccc4c(c3)OCO4)O2)c(O)c1)C(=O)N[C@@H]1[C@H](O)[C@@H](O)[C@H]2OCO[C@H]2[C@@H]1O. The maximum Gasteiger partial charge on any atom is 0.247 e. The van der Waals surface area contributed by atoms with Gasteiger partial charge in [-0.05, 0) is 48.4 Å². The Balaban J connectivity index is 0.999. The summed E-state index contributed by atoms with van der Waals surface area (Å²) in [6.07, 6.45) is -5.56. The van der Waals surface area contributed by atoms with Gasteiger partial charge in [0.15, 0.2) is 23.0 Å². The number of aliphatic hydroxyl groups excluding tert-OH is 4. The molecule has 15 heteroatoms. The van der Waals surface area contributed by atoms with E-state index >= 15 is 0 Å². The molecule has 0 bridgehead atoms. The summed E-state index contributed by atoms with van der Waals surface area (Å²) in [5.74, 6) is 0.557. The van der Waals surface area contributed by atoms with Crippen molar-refractivity contribution in [2.75, 3.05) is 13.6 Å². The Morgan fingerprint density at radius 2 is 1.78 bits per heavy atom. The van der Waals surface area contributed by atoms with E-state index in [1.165, 1.54) is 31.3 Å². The van der Waals surface area contributed by atoms with Gasteiger partial charge in [-0.3, -0.25) is 4.79 Å². The van der Waals surface area contributed by atoms with Crippen LogP contribution >= 0.6 is 0 Å². The second-order valence-electron chi connectivity index (χ2n) is 11.1. The number of fused-ring (bicyclic) bond motifs is 2. The van der Waals surface area contributed by atoms with Gasteiger partial charge in [0.1, 0.15) is 50.0 Å². The third-order valence-electron chi connectivity index (χ3n) is 7.96. The van der Waals surface area contributed by atoms with Gasteiger partial charge in [-0.1, -0.05) is 17.3 Å². The topological polar surface area (TPSA) is 207 Å². The fourth-order valence-electron chi connectivity index (χ4n) is 5.51. The first kappa shape index (κ1) is 31.0. The molecule has 0 aromatic heterocycles. The van der Waals surface area contributed by atoms with Crippen molar-refractivity contribution in [3.05, 3.63) is 53.1 Å². The molecule has 0 radical (unpaired) electrons. The molecule has 2 saturated heterocycles. The number of hydrogen-bond donors (Lipinski definition) is 6. The Labute approximate surface area is 257 Å². The Morgan fingerprint density at radius 3 is 2.58 bits per heavy atom. The van der Waals surface area contributed by atoms with Crippen molar-refractivity contribution in [3.8, 4) is 23.0 Å². The van der Waals surface area contributed by atoms with Crippen LogP contribution < -0.4 is 19.5 Å². The van der Waals surface area contributed by atoms with Crippen LogP contribution in [0.4, 0.5) is 0 Å². The van der Waals surface area contributed by atoms with E-state index in [0.29, 0.717) is 17.1 Å². The van der Waals surface area contributed by atoms with Crippen LogP contribution in [0.1, 0.15) is 24.5 Å². The number of carbonyl (C=O) groups excluding carboxylic acids is 1. The number of phenolic OH excluding ortho intramolecular Hbond substituents is 1. The van der Waals surface area contributed by atoms with E-state index in [1.807, 2.05) is 6.07 Å². The lowest BCUT2D eigenvalue weighted by molar-refractivity contribution is -0.155. The summed E-state index contributed by atoms with van der Waals surface area (Å²) >= 11 is 0. The molecule has 3 fully saturated rings. The lowest BCUT2D eigenvalue weighted by atomic mass is 9.83. The van der Waals surface area contributed by atoms with E-state index in [4.69, 9.17) is 33.3 Å². The third kappa shape index (κ3) is 6.69. The maximum atomic E-state index is 12.8. The number of aromatic hydroxyl groups is 1. The van der Waals surface area contributed by atoms with Gasteiger partial charge >= 0.3 is 0 Å². The largest absolute Gasteiger partial charge is 0.504 e. The van der Waals surface area contributed by atoms with Crippen LogP contribution in [-0.4, -0.2) is 106 Å². The molecule has 242 valence electrons. The number of carbonyl (C=O) groups is 1. The van der Waals surface area contributed by atoms with Crippen LogP contribution in [0.3, 0.4) is 0 Å². The number of ether oxygens (including phenoxy) is 6. The van der Waals surface area contributed by atoms with Crippen molar-refractivity contribution in [2.45, 2.75) is 75.0 Å². The number of oxime groups is 1. The zero-order valence-electron chi connectivity index (χ0n) is 24.1. The van der Waals surface area contributed by atoms with Gasteiger partial charge in [-0.2, -0.15) is 0 Å². The van der Waals surface area contributed by atoms with Gasteiger partial charge in [0.25, 0.3) is 0 Å². The first-order valence-corrected chi connectivity index (χ1v) is 14.3. The molecule has 0 unspecified atom stereocenters. The molecule has 3 heterocycles. The molecule has 6 rings (SSSR count). The number of nitrogens with one attached hydrogen (secondary N) is 1. The smallest absolute Gasteiger partial charge is 0.247 e. The van der Waals surface area contributed by atoms with Crippen molar-refractivity contribution >= 4 is 18.2 Å². The predicted octanol–water partition coefficient (Wildman–Crippen LogP) is -0.0959. The van der Waals surface area contributed by atoms with E-state index in [-0.39, 0.29) is 43.7 Å². The molecule has 6 N–H and O–H groups in total. The molecule has 4 aliphatic rings. The number of nitrogens with zero attached hydrogens (tertiary/aromatic N) is 1. The van der Waals surface area contributed by atoms with Crippen LogP contribution in [0.15, 0.2) is 47.1 Å². The minimum atomic E-state index is -1.48. The molecular formula is C30H34N2O13. The highest BCUT2D eigenvalue weighted by Gasteiger charge is 2.53. The Bertz CT molecular complexity index is 1450. The average molecular weight is 631 g/mol. The van der Waals surface area contributed by atoms with E-state index in [0.717, 1.165) is 5.56 Å². The summed E-state index contributed by atoms with van der Waals surface area (Å²) in [7, 11) is 0. The zero-order chi connectivity index (χ0) is 31.7. The summed E-state index contributed by atoms with van der Waals surface area (Å²) in [6, 6.07) is 8.67. The predicted molar refractivity (Wildman–Crippen MR) is 152 cm³/mol. The van der Waals surface area contributed by atoms with Crippen LogP contribution in [0.5, 0.6) is 23.0 Å². The van der Waals surface area contributed by atoms with Gasteiger partial charge in [0.05, 0.1) is 18.4 Å². The molecule has 0 spiro atoms. The van der Waals surface area contributed by atoms with Crippen LogP contribution in [0.2, 0.25) is 0 Å². The quantitative estimate of drug-likeness (QED) is 0.122. The Kier molecular flexibility index (Phi) is 9.09. The molecule has 9 atom stereocenters. The van der Waals surface area contributed by atoms with E-state index in [1.54, 1.807) is 18.2 Å². The molecule has 1 saturated carbocycles. The van der Waals surface area contributed by atoms with Gasteiger partial charge in [-0.15, -0.1) is 0 Å². The Morgan fingerprint density at radius 1 is 1.00 bits per heavy atom. The van der Waals surface area contributed by atoms with Gasteiger partial charge in [0.2, 0.25) is 19.0 Å². The summed E-state index contributed by atoms with van der Waals surface area (Å²) in [6.45, 7) is 1.72. The van der Waals surface area contributed by atoms with Crippen LogP contribution in [0.25, 0.3) is 6.08 Å². The van der Waals surface area contributed by atoms with Crippen LogP contribution in [0, 0.1) is 0 Å². The van der Waals surface area contributed by atoms with Crippen molar-refractivity contribution in [3.63, 3.8) is 0 Å². The lowest BCUT2D eigenvalue weighted by Gasteiger charge is -2.41. The molecule has 1 amide bonds. The summed E-state index contributed by atoms with van der Waals surface area (Å²) in [4.78, 5) is 18.2. The molecule has 2 aromatic carbocycles. The first-order chi connectivity index (χ1) is 21.7. The third-order valence-corrected chi connectivity index (χ3v) is 7.96. The molecule has 15 nitrogen and oxygen atoms in total. The molecule has 2 aromatic rings. The summed E-state index contributed by atoms with van der Waals surface area (Å²) < 4.78 is 32.6. The monoisotopic (exact) mass is 630 g/mol. The number of amides is 1. The van der Waals surface area contributed by atoms with E-state index in [2.05, 4.69) is 10.5 Å². The first-order valence-electron chi connectivity index (χ1n) is 14.3. The van der Waals surface area contributed by atoms with E-state index < -0.39 is 61.0 Å². The molecule has 3 aliphatic heterocycles. The van der Waals surface area contributed by atoms with E-state index in [9.17, 15) is 30.3 Å². The zero-order valence-corrected chi connectivity index (χ0v) is 24.1. The standard InChI is InChI=1S/C30H34N2O13/c1-14(30(38)32-24-25(35)27(37)29-28(26(24)36)41-13-42-29)6-15-2-4-19(17(33)7-15)44-23-9-18(34)22(45-23)10-31-43-11-16-3-5-20-21(8-16)40-12-39-20/h2-8,10,18,22-29,33-37H,9,11-13H2,1H3,(H,32,38)/b14-6+,31-10+/t18-,22+,23+,24+,25-,26+,27+,28-,29+/m0/s1. The number of aliphatic hydroxyl groups is 4. The second-order valence-corrected chi connectivity index (χ2v) is 11.1. The van der Waals surface area contributed by atoms with Gasteiger partial charge < -0.3 is 64.1 Å². The van der Waals surface area contributed by atoms with Crippen molar-refractivity contribution in [2.24, 2.45) is 5.16 Å². The maximum absolute atomic E-state index is 12.8. The van der Waals surface area contributed by atoms with Crippen molar-refractivity contribution < 1.29 is 63.6 Å². The number of hydrogen-bond acceptors (Lipinski definition) is 14. The number of phenols is 1. The number of rotatable bonds is 9. The summed E-state index contributed by atoms with van der Waals surface area (Å²) in [5, 5.41) is 58.7. The van der Waals surface area contributed by atoms with Gasteiger partial charge in [-0.25, -0.2) is 0 Å². The minimum Gasteiger partial charge on any atom is -0.504 e. The lowest BCUT2D eigenvalue weighted by Crippen LogP contribution is -2.67. The fraction of sp³-hybridized carbons (Fsp3) is 0.467. The summed E-state index contributed by atoms with van der Waals surface area (Å²) in [5.41, 5.74) is 1.49. The fourth-order valence-corrected chi connectivity index (χ4v) is 5.51. The normalized spacial score (nSPS) is 32.5. The average Bonchev–Trinajstić information content (AvgIpc) is 3.78. The highest BCUT2D eigenvalue weighted by molar-refractivity contribution is 5.97. The highest BCUT2D eigenvalue weighted by Crippen LogP contribution is 2.34. The van der Waals surface area contributed by atoms with Crippen molar-refractivity contribution in [1.29, 1.82) is 0 Å². The molecule has 1 aliphatic carbocycles. The van der Waals surface area contributed by atoms with Gasteiger partial charge in [0, 0.05) is 12.0 Å². The Hall–Kier alpha value is -3.96. The highest BCUT2D eigenvalue weighted by atomic mass is 16.7. The van der Waals surface area contributed by atoms with Crippen LogP contribution in [-0.2, 0) is 30.4 Å². The second kappa shape index (κ2) is 13.2.